The molecule has 0 amide bonds. The van der Waals surface area contributed by atoms with Gasteiger partial charge in [-0.15, -0.1) is 0 Å². The summed E-state index contributed by atoms with van der Waals surface area (Å²) in [6.07, 6.45) is 5.64. The van der Waals surface area contributed by atoms with Gasteiger partial charge in [0, 0.05) is 13.1 Å². The second kappa shape index (κ2) is 3.21. The van der Waals surface area contributed by atoms with E-state index >= 15 is 0 Å². The van der Waals surface area contributed by atoms with Crippen molar-refractivity contribution in [1.82, 2.24) is 10.6 Å². The highest BCUT2D eigenvalue weighted by Gasteiger charge is 2.39. The first-order valence-electron chi connectivity index (χ1n) is 4.78. The first-order valence-corrected chi connectivity index (χ1v) is 5.18. The molecule has 2 saturated carbocycles. The smallest absolute Gasteiger partial charge is 0.166 e. The fourth-order valence-electron chi connectivity index (χ4n) is 2.66. The lowest BCUT2D eigenvalue weighted by atomic mass is 9.96. The normalized spacial score (nSPS) is 38.2. The Kier molecular flexibility index (Phi) is 2.22. The van der Waals surface area contributed by atoms with E-state index in [1.165, 1.54) is 25.7 Å². The molecule has 0 aromatic heterocycles. The van der Waals surface area contributed by atoms with Gasteiger partial charge in [-0.05, 0) is 43.3 Å². The lowest BCUT2D eigenvalue weighted by molar-refractivity contribution is 0.390. The van der Waals surface area contributed by atoms with Gasteiger partial charge < -0.3 is 10.6 Å². The van der Waals surface area contributed by atoms with Crippen LogP contribution >= 0.6 is 12.2 Å². The molecule has 2 bridgehead atoms. The zero-order valence-electron chi connectivity index (χ0n) is 7.47. The molecule has 0 radical (unpaired) electrons. The zero-order chi connectivity index (χ0) is 8.55. The monoisotopic (exact) mass is 184 g/mol. The predicted molar refractivity (Wildman–Crippen MR) is 54.0 cm³/mol. The van der Waals surface area contributed by atoms with Crippen LogP contribution in [0.3, 0.4) is 0 Å². The van der Waals surface area contributed by atoms with Crippen LogP contribution < -0.4 is 10.6 Å². The summed E-state index contributed by atoms with van der Waals surface area (Å²) in [5, 5.41) is 7.16. The standard InChI is InChI=1S/C9H16N2S/c1-10-9(12)11-8-5-6-2-3-7(8)4-6/h6-8H,2-5H2,1H3,(H2,10,11,12)/t6-,7-,8+/m1/s1. The Hall–Kier alpha value is -0.310. The lowest BCUT2D eigenvalue weighted by Crippen LogP contribution is -2.42. The van der Waals surface area contributed by atoms with Gasteiger partial charge in [-0.25, -0.2) is 0 Å². The van der Waals surface area contributed by atoms with Gasteiger partial charge in [0.25, 0.3) is 0 Å². The molecule has 68 valence electrons. The first-order chi connectivity index (χ1) is 5.79. The van der Waals surface area contributed by atoms with Crippen molar-refractivity contribution in [1.29, 1.82) is 0 Å². The predicted octanol–water partition coefficient (Wildman–Crippen LogP) is 1.27. The Labute approximate surface area is 79.1 Å². The van der Waals surface area contributed by atoms with E-state index in [2.05, 4.69) is 10.6 Å². The molecule has 2 aliphatic rings. The van der Waals surface area contributed by atoms with Crippen LogP contribution in [0.4, 0.5) is 0 Å². The summed E-state index contributed by atoms with van der Waals surface area (Å²) in [6, 6.07) is 0.670. The van der Waals surface area contributed by atoms with Gasteiger partial charge in [0.05, 0.1) is 0 Å². The Morgan fingerprint density at radius 2 is 2.17 bits per heavy atom. The maximum absolute atomic E-state index is 5.09. The van der Waals surface area contributed by atoms with E-state index < -0.39 is 0 Å². The third-order valence-electron chi connectivity index (χ3n) is 3.28. The summed E-state index contributed by atoms with van der Waals surface area (Å²) in [6.45, 7) is 0. The highest BCUT2D eigenvalue weighted by molar-refractivity contribution is 7.80. The molecule has 12 heavy (non-hydrogen) atoms. The van der Waals surface area contributed by atoms with E-state index in [9.17, 15) is 0 Å². The van der Waals surface area contributed by atoms with Crippen LogP contribution in [0.2, 0.25) is 0 Å². The molecule has 0 unspecified atom stereocenters. The number of thiocarbonyl (C=S) groups is 1. The average molecular weight is 184 g/mol. The van der Waals surface area contributed by atoms with E-state index in [0.29, 0.717) is 6.04 Å². The maximum atomic E-state index is 5.09. The summed E-state index contributed by atoms with van der Waals surface area (Å²) < 4.78 is 0. The molecule has 3 heteroatoms. The number of nitrogens with one attached hydrogen (secondary N) is 2. The van der Waals surface area contributed by atoms with Crippen molar-refractivity contribution in [3.63, 3.8) is 0 Å². The molecule has 2 nitrogen and oxygen atoms in total. The fraction of sp³-hybridized carbons (Fsp3) is 0.889. The second-order valence-electron chi connectivity index (χ2n) is 4.00. The first kappa shape index (κ1) is 8.30. The second-order valence-corrected chi connectivity index (χ2v) is 4.41. The van der Waals surface area contributed by atoms with Gasteiger partial charge in [0.2, 0.25) is 0 Å². The topological polar surface area (TPSA) is 24.1 Å². The van der Waals surface area contributed by atoms with Gasteiger partial charge in [0.15, 0.2) is 5.11 Å². The SMILES string of the molecule is CNC(=S)N[C@H]1C[C@@H]2CC[C@@H]1C2. The number of fused-ring (bicyclic) bond motifs is 2. The molecule has 2 aliphatic carbocycles. The van der Waals surface area contributed by atoms with Crippen LogP contribution in [-0.2, 0) is 0 Å². The molecule has 0 heterocycles. The van der Waals surface area contributed by atoms with Crippen LogP contribution in [0, 0.1) is 11.8 Å². The minimum absolute atomic E-state index is 0.670. The Morgan fingerprint density at radius 1 is 1.33 bits per heavy atom. The van der Waals surface area contributed by atoms with Gasteiger partial charge in [-0.1, -0.05) is 6.42 Å². The van der Waals surface area contributed by atoms with Gasteiger partial charge in [0.1, 0.15) is 0 Å². The summed E-state index contributed by atoms with van der Waals surface area (Å²) in [4.78, 5) is 0. The summed E-state index contributed by atoms with van der Waals surface area (Å²) in [5.41, 5.74) is 0. The van der Waals surface area contributed by atoms with E-state index in [-0.39, 0.29) is 0 Å². The Bertz CT molecular complexity index is 193. The van der Waals surface area contributed by atoms with Crippen molar-refractivity contribution in [3.8, 4) is 0 Å². The molecule has 2 rings (SSSR count). The number of hydrogen-bond acceptors (Lipinski definition) is 1. The molecule has 2 N–H and O–H groups in total. The van der Waals surface area contributed by atoms with Gasteiger partial charge in [-0.2, -0.15) is 0 Å². The highest BCUT2D eigenvalue weighted by Crippen LogP contribution is 2.44. The molecule has 2 fully saturated rings. The third-order valence-corrected chi connectivity index (χ3v) is 3.60. The minimum atomic E-state index is 0.670. The van der Waals surface area contributed by atoms with Crippen LogP contribution in [-0.4, -0.2) is 18.2 Å². The third kappa shape index (κ3) is 1.42. The van der Waals surface area contributed by atoms with Crippen molar-refractivity contribution in [2.24, 2.45) is 11.8 Å². The molecule has 3 atom stereocenters. The molecular formula is C9H16N2S. The van der Waals surface area contributed by atoms with Crippen LogP contribution in [0.15, 0.2) is 0 Å². The minimum Gasteiger partial charge on any atom is -0.366 e. The van der Waals surface area contributed by atoms with Crippen LogP contribution in [0.1, 0.15) is 25.7 Å². The van der Waals surface area contributed by atoms with Crippen LogP contribution in [0.5, 0.6) is 0 Å². The van der Waals surface area contributed by atoms with E-state index in [0.717, 1.165) is 16.9 Å². The quantitative estimate of drug-likeness (QED) is 0.600. The molecule has 0 saturated heterocycles. The zero-order valence-corrected chi connectivity index (χ0v) is 8.29. The molecular weight excluding hydrogens is 168 g/mol. The summed E-state index contributed by atoms with van der Waals surface area (Å²) in [5.74, 6) is 1.90. The van der Waals surface area contributed by atoms with Gasteiger partial charge >= 0.3 is 0 Å². The summed E-state index contributed by atoms with van der Waals surface area (Å²) >= 11 is 5.09. The molecule has 0 spiro atoms. The maximum Gasteiger partial charge on any atom is 0.166 e. The largest absolute Gasteiger partial charge is 0.366 e. The van der Waals surface area contributed by atoms with Crippen molar-refractivity contribution in [2.45, 2.75) is 31.7 Å². The lowest BCUT2D eigenvalue weighted by Gasteiger charge is -2.23. The van der Waals surface area contributed by atoms with E-state index in [1.807, 2.05) is 7.05 Å². The molecule has 0 aliphatic heterocycles. The fourth-order valence-corrected chi connectivity index (χ4v) is 2.81. The van der Waals surface area contributed by atoms with Crippen molar-refractivity contribution in [3.05, 3.63) is 0 Å². The summed E-state index contributed by atoms with van der Waals surface area (Å²) in [7, 11) is 1.88. The van der Waals surface area contributed by atoms with Gasteiger partial charge in [-0.3, -0.25) is 0 Å². The molecule has 0 aromatic rings. The van der Waals surface area contributed by atoms with Crippen molar-refractivity contribution < 1.29 is 0 Å². The van der Waals surface area contributed by atoms with Crippen molar-refractivity contribution in [2.75, 3.05) is 7.05 Å². The van der Waals surface area contributed by atoms with Crippen molar-refractivity contribution >= 4 is 17.3 Å². The van der Waals surface area contributed by atoms with Crippen LogP contribution in [0.25, 0.3) is 0 Å². The Balaban J connectivity index is 1.86. The number of hydrogen-bond donors (Lipinski definition) is 2. The average Bonchev–Trinajstić information content (AvgIpc) is 2.64. The van der Waals surface area contributed by atoms with E-state index in [1.54, 1.807) is 0 Å². The molecule has 0 aromatic carbocycles. The van der Waals surface area contributed by atoms with E-state index in [4.69, 9.17) is 12.2 Å². The number of rotatable bonds is 1. The highest BCUT2D eigenvalue weighted by atomic mass is 32.1. The Morgan fingerprint density at radius 3 is 2.67 bits per heavy atom.